The van der Waals surface area contributed by atoms with Gasteiger partial charge in [-0.05, 0) is 26.8 Å². The van der Waals surface area contributed by atoms with Crippen LogP contribution in [0, 0.1) is 0 Å². The summed E-state index contributed by atoms with van der Waals surface area (Å²) < 4.78 is 5.96. The van der Waals surface area contributed by atoms with Gasteiger partial charge in [0, 0.05) is 38.8 Å². The fraction of sp³-hybridized carbons (Fsp3) is 1.00. The quantitative estimate of drug-likeness (QED) is 0.744. The highest BCUT2D eigenvalue weighted by Crippen LogP contribution is 2.24. The molecule has 2 aliphatic rings. The van der Waals surface area contributed by atoms with Crippen LogP contribution >= 0.6 is 0 Å². The third-order valence-corrected chi connectivity index (χ3v) is 3.94. The average molecular weight is 227 g/mol. The molecular formula is C12H25N3O. The van der Waals surface area contributed by atoms with E-state index in [2.05, 4.69) is 23.8 Å². The highest BCUT2D eigenvalue weighted by Gasteiger charge is 2.33. The second kappa shape index (κ2) is 5.45. The van der Waals surface area contributed by atoms with Gasteiger partial charge in [0.05, 0.1) is 12.2 Å². The number of hydrogen-bond acceptors (Lipinski definition) is 4. The molecule has 2 rings (SSSR count). The SMILES string of the molecule is CC1CCC(C(CN)N2CCN(C)CC2)O1. The number of nitrogens with two attached hydrogens (primary N) is 1. The van der Waals surface area contributed by atoms with Gasteiger partial charge in [-0.3, -0.25) is 4.90 Å². The fourth-order valence-corrected chi connectivity index (χ4v) is 2.81. The predicted molar refractivity (Wildman–Crippen MR) is 65.5 cm³/mol. The van der Waals surface area contributed by atoms with Gasteiger partial charge < -0.3 is 15.4 Å². The molecule has 0 spiro atoms. The van der Waals surface area contributed by atoms with Crippen molar-refractivity contribution in [3.8, 4) is 0 Å². The molecular weight excluding hydrogens is 202 g/mol. The van der Waals surface area contributed by atoms with Crippen LogP contribution in [0.4, 0.5) is 0 Å². The van der Waals surface area contributed by atoms with E-state index in [1.165, 1.54) is 12.8 Å². The van der Waals surface area contributed by atoms with Gasteiger partial charge in [0.1, 0.15) is 0 Å². The van der Waals surface area contributed by atoms with Crippen molar-refractivity contribution in [2.75, 3.05) is 39.8 Å². The number of ether oxygens (including phenoxy) is 1. The van der Waals surface area contributed by atoms with Crippen molar-refractivity contribution < 1.29 is 4.74 Å². The van der Waals surface area contributed by atoms with Gasteiger partial charge in [0.15, 0.2) is 0 Å². The zero-order valence-corrected chi connectivity index (χ0v) is 10.6. The molecule has 0 aliphatic carbocycles. The van der Waals surface area contributed by atoms with Crippen LogP contribution in [0.3, 0.4) is 0 Å². The molecule has 0 saturated carbocycles. The standard InChI is InChI=1S/C12H25N3O/c1-10-3-4-12(16-10)11(9-13)15-7-5-14(2)6-8-15/h10-12H,3-9,13H2,1-2H3. The Balaban J connectivity index is 1.89. The Morgan fingerprint density at radius 2 is 1.94 bits per heavy atom. The topological polar surface area (TPSA) is 41.7 Å². The summed E-state index contributed by atoms with van der Waals surface area (Å²) in [4.78, 5) is 4.89. The van der Waals surface area contributed by atoms with Crippen LogP contribution in [0.5, 0.6) is 0 Å². The summed E-state index contributed by atoms with van der Waals surface area (Å²) >= 11 is 0. The molecule has 4 nitrogen and oxygen atoms in total. The Morgan fingerprint density at radius 1 is 1.25 bits per heavy atom. The van der Waals surface area contributed by atoms with Crippen LogP contribution in [-0.2, 0) is 4.74 Å². The van der Waals surface area contributed by atoms with E-state index >= 15 is 0 Å². The van der Waals surface area contributed by atoms with Gasteiger partial charge in [0.25, 0.3) is 0 Å². The van der Waals surface area contributed by atoms with Crippen LogP contribution in [0.1, 0.15) is 19.8 Å². The summed E-state index contributed by atoms with van der Waals surface area (Å²) in [5, 5.41) is 0. The second-order valence-corrected chi connectivity index (χ2v) is 5.20. The monoisotopic (exact) mass is 227 g/mol. The van der Waals surface area contributed by atoms with Crippen molar-refractivity contribution in [1.29, 1.82) is 0 Å². The molecule has 2 saturated heterocycles. The summed E-state index contributed by atoms with van der Waals surface area (Å²) in [7, 11) is 2.18. The molecule has 2 N–H and O–H groups in total. The molecule has 0 amide bonds. The lowest BCUT2D eigenvalue weighted by Gasteiger charge is -2.39. The van der Waals surface area contributed by atoms with E-state index in [0.717, 1.165) is 32.7 Å². The van der Waals surface area contributed by atoms with Crippen LogP contribution in [0.2, 0.25) is 0 Å². The summed E-state index contributed by atoms with van der Waals surface area (Å²) in [5.41, 5.74) is 5.93. The number of likely N-dealkylation sites (N-methyl/N-ethyl adjacent to an activating group) is 1. The van der Waals surface area contributed by atoms with E-state index < -0.39 is 0 Å². The minimum absolute atomic E-state index is 0.364. The van der Waals surface area contributed by atoms with Gasteiger partial charge in [-0.2, -0.15) is 0 Å². The van der Waals surface area contributed by atoms with Gasteiger partial charge >= 0.3 is 0 Å². The molecule has 2 fully saturated rings. The molecule has 2 heterocycles. The summed E-state index contributed by atoms with van der Waals surface area (Å²) in [5.74, 6) is 0. The van der Waals surface area contributed by atoms with Crippen LogP contribution < -0.4 is 5.73 Å². The molecule has 4 heteroatoms. The van der Waals surface area contributed by atoms with Crippen molar-refractivity contribution in [1.82, 2.24) is 9.80 Å². The minimum atomic E-state index is 0.364. The van der Waals surface area contributed by atoms with E-state index in [-0.39, 0.29) is 0 Å². The molecule has 3 atom stereocenters. The van der Waals surface area contributed by atoms with Crippen LogP contribution in [-0.4, -0.2) is 67.8 Å². The lowest BCUT2D eigenvalue weighted by molar-refractivity contribution is -0.0159. The largest absolute Gasteiger partial charge is 0.374 e. The molecule has 94 valence electrons. The van der Waals surface area contributed by atoms with Crippen molar-refractivity contribution in [2.45, 2.75) is 38.0 Å². The number of rotatable bonds is 3. The highest BCUT2D eigenvalue weighted by molar-refractivity contribution is 4.87. The summed E-state index contributed by atoms with van der Waals surface area (Å²) in [6, 6.07) is 0.429. The lowest BCUT2D eigenvalue weighted by atomic mass is 10.0. The van der Waals surface area contributed by atoms with Gasteiger partial charge in [-0.15, -0.1) is 0 Å². The second-order valence-electron chi connectivity index (χ2n) is 5.20. The molecule has 0 radical (unpaired) electrons. The van der Waals surface area contributed by atoms with E-state index in [1.807, 2.05) is 0 Å². The Bertz CT molecular complexity index is 216. The Morgan fingerprint density at radius 3 is 2.44 bits per heavy atom. The number of nitrogens with zero attached hydrogens (tertiary/aromatic N) is 2. The van der Waals surface area contributed by atoms with E-state index in [4.69, 9.17) is 10.5 Å². The maximum atomic E-state index is 5.96. The lowest BCUT2D eigenvalue weighted by Crippen LogP contribution is -2.55. The first-order valence-corrected chi connectivity index (χ1v) is 6.49. The molecule has 0 aromatic heterocycles. The fourth-order valence-electron chi connectivity index (χ4n) is 2.81. The third kappa shape index (κ3) is 2.74. The van der Waals surface area contributed by atoms with Gasteiger partial charge in [-0.25, -0.2) is 0 Å². The summed E-state index contributed by atoms with van der Waals surface area (Å²) in [6.07, 6.45) is 3.15. The zero-order chi connectivity index (χ0) is 11.5. The average Bonchev–Trinajstić information content (AvgIpc) is 2.69. The molecule has 3 unspecified atom stereocenters. The Labute approximate surface area is 98.7 Å². The Kier molecular flexibility index (Phi) is 4.19. The maximum absolute atomic E-state index is 5.96. The predicted octanol–water partition coefficient (Wildman–Crippen LogP) is 0.129. The van der Waals surface area contributed by atoms with E-state index in [0.29, 0.717) is 18.2 Å². The van der Waals surface area contributed by atoms with Crippen molar-refractivity contribution in [3.63, 3.8) is 0 Å². The van der Waals surface area contributed by atoms with Crippen molar-refractivity contribution in [2.24, 2.45) is 5.73 Å². The van der Waals surface area contributed by atoms with Crippen LogP contribution in [0.25, 0.3) is 0 Å². The molecule has 0 aromatic carbocycles. The Hall–Kier alpha value is -0.160. The smallest absolute Gasteiger partial charge is 0.0747 e. The highest BCUT2D eigenvalue weighted by atomic mass is 16.5. The molecule has 2 aliphatic heterocycles. The van der Waals surface area contributed by atoms with Gasteiger partial charge in [-0.1, -0.05) is 0 Å². The summed E-state index contributed by atoms with van der Waals surface area (Å²) in [6.45, 7) is 7.45. The molecule has 0 bridgehead atoms. The minimum Gasteiger partial charge on any atom is -0.374 e. The van der Waals surface area contributed by atoms with E-state index in [9.17, 15) is 0 Å². The normalized spacial score (nSPS) is 35.4. The van der Waals surface area contributed by atoms with Crippen molar-refractivity contribution in [3.05, 3.63) is 0 Å². The first-order chi connectivity index (χ1) is 7.70. The first kappa shape index (κ1) is 12.3. The van der Waals surface area contributed by atoms with E-state index in [1.54, 1.807) is 0 Å². The number of hydrogen-bond donors (Lipinski definition) is 1. The number of piperazine rings is 1. The molecule has 0 aromatic rings. The van der Waals surface area contributed by atoms with Gasteiger partial charge in [0.2, 0.25) is 0 Å². The molecule has 16 heavy (non-hydrogen) atoms. The third-order valence-electron chi connectivity index (χ3n) is 3.94. The first-order valence-electron chi connectivity index (χ1n) is 6.49. The maximum Gasteiger partial charge on any atom is 0.0747 e. The zero-order valence-electron chi connectivity index (χ0n) is 10.6. The van der Waals surface area contributed by atoms with Crippen LogP contribution in [0.15, 0.2) is 0 Å². The van der Waals surface area contributed by atoms with Crippen molar-refractivity contribution >= 4 is 0 Å².